The van der Waals surface area contributed by atoms with Gasteiger partial charge in [-0.1, -0.05) is 109 Å². The first-order valence-electron chi connectivity index (χ1n) is 20.8. The number of benzene rings is 6. The van der Waals surface area contributed by atoms with Gasteiger partial charge in [0.1, 0.15) is 42.4 Å². The molecule has 8 aromatic rings. The summed E-state index contributed by atoms with van der Waals surface area (Å²) in [6.45, 7) is 0.302. The van der Waals surface area contributed by atoms with Gasteiger partial charge in [-0.05, 0) is 81.9 Å². The quantitative estimate of drug-likeness (QED) is 0.0616. The number of H-pyrrole nitrogens is 1. The molecule has 0 aliphatic carbocycles. The zero-order valence-electron chi connectivity index (χ0n) is 35.4. The smallest absolute Gasteiger partial charge is 0.408 e. The number of nitrogens with zero attached hydrogens (tertiary/aromatic N) is 1. The molecule has 2 heterocycles. The molecule has 14 nitrogen and oxygen atoms in total. The van der Waals surface area contributed by atoms with Gasteiger partial charge in [-0.15, -0.1) is 0 Å². The number of hydrogen-bond donors (Lipinski definition) is 5. The number of alkyl carbamates (subject to hydrolysis) is 2. The van der Waals surface area contributed by atoms with Crippen LogP contribution in [0.4, 0.5) is 9.59 Å². The molecular formula is C52H44N4O10. The minimum absolute atomic E-state index is 0.0350. The number of amides is 2. The second-order valence-electron chi connectivity index (χ2n) is 15.1. The van der Waals surface area contributed by atoms with E-state index in [0.29, 0.717) is 23.5 Å². The first kappa shape index (κ1) is 45.2. The molecule has 332 valence electrons. The van der Waals surface area contributed by atoms with Crippen LogP contribution in [0.25, 0.3) is 33.0 Å². The van der Waals surface area contributed by atoms with Crippen molar-refractivity contribution in [2.75, 3.05) is 0 Å². The molecule has 5 N–H and O–H groups in total. The molecule has 0 fully saturated rings. The maximum absolute atomic E-state index is 12.2. The van der Waals surface area contributed by atoms with E-state index in [-0.39, 0.29) is 26.1 Å². The molecule has 0 radical (unpaired) electrons. The number of hydrogen-bond acceptors (Lipinski definition) is 9. The highest BCUT2D eigenvalue weighted by Gasteiger charge is 2.23. The fourth-order valence-electron chi connectivity index (χ4n) is 6.95. The summed E-state index contributed by atoms with van der Waals surface area (Å²) >= 11 is 0. The first-order chi connectivity index (χ1) is 32.1. The Hall–Kier alpha value is -8.83. The normalized spacial score (nSPS) is 11.6. The van der Waals surface area contributed by atoms with Crippen LogP contribution in [0.5, 0.6) is 5.75 Å². The van der Waals surface area contributed by atoms with Crippen molar-refractivity contribution in [3.8, 4) is 22.9 Å². The Balaban J connectivity index is 0.000000196. The lowest BCUT2D eigenvalue weighted by atomic mass is 10.0. The highest BCUT2D eigenvalue weighted by Crippen LogP contribution is 2.28. The number of nitriles is 1. The molecule has 0 aliphatic rings. The predicted molar refractivity (Wildman–Crippen MR) is 245 cm³/mol. The van der Waals surface area contributed by atoms with E-state index in [1.54, 1.807) is 36.4 Å². The number of ether oxygens (including phenoxy) is 3. The van der Waals surface area contributed by atoms with Gasteiger partial charge < -0.3 is 44.5 Å². The van der Waals surface area contributed by atoms with Crippen LogP contribution in [0.15, 0.2) is 168 Å². The number of fused-ring (bicyclic) bond motifs is 2. The number of aromatic amines is 1. The molecule has 2 amide bonds. The van der Waals surface area contributed by atoms with Gasteiger partial charge in [0.05, 0.1) is 11.6 Å². The number of carboxylic acids is 2. The van der Waals surface area contributed by atoms with E-state index in [1.165, 1.54) is 0 Å². The number of aliphatic carboxylic acids is 2. The Bertz CT molecular complexity index is 2960. The second kappa shape index (κ2) is 22.0. The van der Waals surface area contributed by atoms with Crippen LogP contribution in [0.2, 0.25) is 0 Å². The fraction of sp³-hybridized carbons (Fsp3) is 0.135. The molecule has 8 rings (SSSR count). The SMILES string of the molecule is N#Cc1cccc(-c2ccc3oc(COC(=O)N[C@H](Cc4ccccc4)C(=O)O)cc3c2)c1.O=C(NC(Cc1ccccc1)C(=O)O)OCc1ccc(COc2cccc3[nH]ccc23)cc1. The molecule has 6 aromatic carbocycles. The van der Waals surface area contributed by atoms with Crippen molar-refractivity contribution < 1.29 is 48.0 Å². The van der Waals surface area contributed by atoms with Gasteiger partial charge in [0.25, 0.3) is 0 Å². The third-order valence-corrected chi connectivity index (χ3v) is 10.3. The van der Waals surface area contributed by atoms with Crippen LogP contribution in [0, 0.1) is 11.3 Å². The fourth-order valence-corrected chi connectivity index (χ4v) is 6.95. The van der Waals surface area contributed by atoms with Crippen molar-refractivity contribution in [3.63, 3.8) is 0 Å². The maximum Gasteiger partial charge on any atom is 0.408 e. The molecular weight excluding hydrogens is 841 g/mol. The van der Waals surface area contributed by atoms with E-state index in [4.69, 9.17) is 23.9 Å². The number of nitrogens with one attached hydrogen (secondary N) is 3. The van der Waals surface area contributed by atoms with E-state index in [9.17, 15) is 29.4 Å². The zero-order chi connectivity index (χ0) is 46.3. The van der Waals surface area contributed by atoms with Gasteiger partial charge >= 0.3 is 24.1 Å². The lowest BCUT2D eigenvalue weighted by Crippen LogP contribution is -2.42. The van der Waals surface area contributed by atoms with Crippen molar-refractivity contribution in [2.24, 2.45) is 0 Å². The maximum atomic E-state index is 12.2. The topological polar surface area (TPSA) is 213 Å². The van der Waals surface area contributed by atoms with E-state index < -0.39 is 36.2 Å². The highest BCUT2D eigenvalue weighted by molar-refractivity contribution is 5.86. The molecule has 0 aliphatic heterocycles. The minimum Gasteiger partial charge on any atom is -0.488 e. The minimum atomic E-state index is -1.15. The molecule has 0 bridgehead atoms. The summed E-state index contributed by atoms with van der Waals surface area (Å²) < 4.78 is 22.1. The molecule has 2 aromatic heterocycles. The summed E-state index contributed by atoms with van der Waals surface area (Å²) in [5, 5.41) is 34.6. The average molecular weight is 885 g/mol. The van der Waals surface area contributed by atoms with Crippen molar-refractivity contribution in [3.05, 3.63) is 197 Å². The summed E-state index contributed by atoms with van der Waals surface area (Å²) in [5.74, 6) is -1.03. The number of carboxylic acid groups (broad SMARTS) is 2. The number of furan rings is 1. The largest absolute Gasteiger partial charge is 0.488 e. The number of rotatable bonds is 16. The number of aromatic nitrogens is 1. The van der Waals surface area contributed by atoms with Crippen LogP contribution < -0.4 is 15.4 Å². The molecule has 0 saturated heterocycles. The standard InChI is InChI=1S/C26H24N2O5.C26H20N2O5/c29-25(30)23(15-18-5-2-1-3-6-18)28-26(31)33-17-20-11-9-19(10-12-20)16-32-24-8-4-7-22-21(24)13-14-27-22;27-15-18-7-4-8-19(11-18)20-9-10-24-21(13-20)14-22(33-24)16-32-26(31)28-23(25(29)30)12-17-5-2-1-3-6-17/h1-14,23,27H,15-17H2,(H,28,31)(H,29,30);1-11,13-14,23H,12,16H2,(H,28,31)(H,29,30)/t;23-/m.1/s1. The van der Waals surface area contributed by atoms with Crippen molar-refractivity contribution >= 4 is 46.0 Å². The Kier molecular flexibility index (Phi) is 15.1. The van der Waals surface area contributed by atoms with Gasteiger partial charge in [-0.2, -0.15) is 5.26 Å². The van der Waals surface area contributed by atoms with Crippen molar-refractivity contribution in [1.82, 2.24) is 15.6 Å². The van der Waals surface area contributed by atoms with E-state index in [1.807, 2.05) is 128 Å². The van der Waals surface area contributed by atoms with Crippen LogP contribution in [0.1, 0.15) is 33.6 Å². The monoisotopic (exact) mass is 884 g/mol. The molecule has 1 unspecified atom stereocenters. The van der Waals surface area contributed by atoms with E-state index >= 15 is 0 Å². The molecule has 14 heteroatoms. The summed E-state index contributed by atoms with van der Waals surface area (Å²) in [5.41, 5.74) is 7.43. The Morgan fingerprint density at radius 2 is 1.20 bits per heavy atom. The lowest BCUT2D eigenvalue weighted by Gasteiger charge is -2.15. The van der Waals surface area contributed by atoms with Crippen molar-refractivity contribution in [2.45, 2.75) is 44.7 Å². The second-order valence-corrected chi connectivity index (χ2v) is 15.1. The van der Waals surface area contributed by atoms with E-state index in [2.05, 4.69) is 21.7 Å². The van der Waals surface area contributed by atoms with E-state index in [0.717, 1.165) is 55.4 Å². The summed E-state index contributed by atoms with van der Waals surface area (Å²) in [4.78, 5) is 50.4. The Morgan fingerprint density at radius 1 is 0.606 bits per heavy atom. The zero-order valence-corrected chi connectivity index (χ0v) is 35.4. The van der Waals surface area contributed by atoms with Gasteiger partial charge in [-0.25, -0.2) is 19.2 Å². The molecule has 0 saturated carbocycles. The van der Waals surface area contributed by atoms with Gasteiger partial charge in [0, 0.05) is 35.3 Å². The predicted octanol–water partition coefficient (Wildman–Crippen LogP) is 9.56. The van der Waals surface area contributed by atoms with Gasteiger partial charge in [-0.3, -0.25) is 0 Å². The van der Waals surface area contributed by atoms with Crippen molar-refractivity contribution in [1.29, 1.82) is 5.26 Å². The Labute approximate surface area is 379 Å². The van der Waals surface area contributed by atoms with Crippen LogP contribution in [-0.4, -0.2) is 51.4 Å². The van der Waals surface area contributed by atoms with Gasteiger partial charge in [0.2, 0.25) is 0 Å². The van der Waals surface area contributed by atoms with Crippen LogP contribution >= 0.6 is 0 Å². The Morgan fingerprint density at radius 3 is 1.82 bits per heavy atom. The summed E-state index contributed by atoms with van der Waals surface area (Å²) in [7, 11) is 0. The summed E-state index contributed by atoms with van der Waals surface area (Å²) in [6.07, 6.45) is 0.587. The number of carbonyl (C=O) groups excluding carboxylic acids is 2. The van der Waals surface area contributed by atoms with Gasteiger partial charge in [0.15, 0.2) is 6.61 Å². The average Bonchev–Trinajstić information content (AvgIpc) is 4.00. The third-order valence-electron chi connectivity index (χ3n) is 10.3. The van der Waals surface area contributed by atoms with Crippen LogP contribution in [-0.2, 0) is 51.7 Å². The molecule has 66 heavy (non-hydrogen) atoms. The lowest BCUT2D eigenvalue weighted by molar-refractivity contribution is -0.140. The molecule has 2 atom stereocenters. The first-order valence-corrected chi connectivity index (χ1v) is 20.8. The number of carbonyl (C=O) groups is 4. The molecule has 0 spiro atoms. The summed E-state index contributed by atoms with van der Waals surface area (Å²) in [6, 6.07) is 48.1. The van der Waals surface area contributed by atoms with Crippen LogP contribution in [0.3, 0.4) is 0 Å². The third kappa shape index (κ3) is 12.6. The highest BCUT2D eigenvalue weighted by atomic mass is 16.6.